The highest BCUT2D eigenvalue weighted by Crippen LogP contribution is 2.40. The van der Waals surface area contributed by atoms with Crippen molar-refractivity contribution in [3.8, 4) is 17.5 Å². The largest absolute Gasteiger partial charge is 0.468 e. The van der Waals surface area contributed by atoms with E-state index in [0.29, 0.717) is 11.8 Å². The predicted molar refractivity (Wildman–Crippen MR) is 104 cm³/mol. The number of aromatic nitrogens is 2. The summed E-state index contributed by atoms with van der Waals surface area (Å²) in [5, 5.41) is 11.0. The maximum atomic E-state index is 10.9. The fraction of sp³-hybridized carbons (Fsp3) is 0.278. The van der Waals surface area contributed by atoms with Crippen molar-refractivity contribution in [2.24, 2.45) is 0 Å². The van der Waals surface area contributed by atoms with Crippen LogP contribution >= 0.6 is 23.2 Å². The van der Waals surface area contributed by atoms with Gasteiger partial charge in [-0.3, -0.25) is 14.7 Å². The molecule has 2 aromatic carbocycles. The molecule has 1 heterocycles. The second kappa shape index (κ2) is 6.90. The summed E-state index contributed by atoms with van der Waals surface area (Å²) in [4.78, 5) is 14.8. The van der Waals surface area contributed by atoms with Crippen molar-refractivity contribution < 1.29 is 14.4 Å². The smallest absolute Gasteiger partial charge is 0.297 e. The minimum Gasteiger partial charge on any atom is -0.468 e. The Balaban J connectivity index is 2.08. The number of benzene rings is 2. The molecular weight excluding hydrogens is 393 g/mol. The molecule has 27 heavy (non-hydrogen) atoms. The van der Waals surface area contributed by atoms with Gasteiger partial charge in [-0.05, 0) is 32.9 Å². The highest BCUT2D eigenvalue weighted by molar-refractivity contribution is 6.37. The van der Waals surface area contributed by atoms with Crippen LogP contribution in [0.4, 0.5) is 5.69 Å². The van der Waals surface area contributed by atoms with E-state index in [9.17, 15) is 10.1 Å². The van der Waals surface area contributed by atoms with E-state index in [1.54, 1.807) is 25.3 Å². The average Bonchev–Trinajstić information content (AvgIpc) is 2.95. The van der Waals surface area contributed by atoms with Crippen molar-refractivity contribution in [2.45, 2.75) is 26.3 Å². The molecule has 3 rings (SSSR count). The molecule has 0 aliphatic heterocycles. The predicted octanol–water partition coefficient (Wildman–Crippen LogP) is 5.81. The van der Waals surface area contributed by atoms with E-state index in [1.165, 1.54) is 12.1 Å². The van der Waals surface area contributed by atoms with Crippen LogP contribution in [0.3, 0.4) is 0 Å². The first kappa shape index (κ1) is 19.3. The monoisotopic (exact) mass is 409 g/mol. The van der Waals surface area contributed by atoms with Gasteiger partial charge in [0.2, 0.25) is 0 Å². The van der Waals surface area contributed by atoms with Crippen LogP contribution in [0.1, 0.15) is 20.8 Å². The number of non-ortho nitro benzene ring substituents is 1. The van der Waals surface area contributed by atoms with Crippen LogP contribution < -0.4 is 9.47 Å². The van der Waals surface area contributed by atoms with E-state index >= 15 is 0 Å². The molecule has 0 radical (unpaired) electrons. The Hall–Kier alpha value is -2.51. The first-order chi connectivity index (χ1) is 12.6. The normalized spacial score (nSPS) is 11.6. The minimum atomic E-state index is -0.568. The maximum absolute atomic E-state index is 10.9. The van der Waals surface area contributed by atoms with Crippen LogP contribution in [0.5, 0.6) is 17.5 Å². The average molecular weight is 410 g/mol. The van der Waals surface area contributed by atoms with Crippen molar-refractivity contribution in [3.05, 3.63) is 50.5 Å². The minimum absolute atomic E-state index is 0.0520. The van der Waals surface area contributed by atoms with Crippen LogP contribution in [-0.2, 0) is 5.54 Å². The number of imidazole rings is 1. The molecule has 0 fully saturated rings. The fourth-order valence-electron chi connectivity index (χ4n) is 2.75. The van der Waals surface area contributed by atoms with E-state index in [2.05, 4.69) is 4.98 Å². The van der Waals surface area contributed by atoms with Gasteiger partial charge in [0, 0.05) is 23.7 Å². The van der Waals surface area contributed by atoms with Crippen molar-refractivity contribution in [1.29, 1.82) is 0 Å². The first-order valence-electron chi connectivity index (χ1n) is 8.00. The molecule has 7 nitrogen and oxygen atoms in total. The molecule has 9 heteroatoms. The van der Waals surface area contributed by atoms with Gasteiger partial charge in [0.1, 0.15) is 5.75 Å². The number of nitro groups is 1. The van der Waals surface area contributed by atoms with E-state index in [0.717, 1.165) is 11.0 Å². The zero-order valence-corrected chi connectivity index (χ0v) is 16.6. The van der Waals surface area contributed by atoms with Gasteiger partial charge in [0.25, 0.3) is 11.7 Å². The van der Waals surface area contributed by atoms with Crippen molar-refractivity contribution in [3.63, 3.8) is 0 Å². The number of fused-ring (bicyclic) bond motifs is 1. The number of nitrogens with zero attached hydrogens (tertiary/aromatic N) is 3. The molecule has 1 aromatic heterocycles. The molecule has 3 aromatic rings. The Kier molecular flexibility index (Phi) is 4.92. The van der Waals surface area contributed by atoms with E-state index in [1.807, 2.05) is 25.3 Å². The number of ether oxygens (including phenoxy) is 2. The topological polar surface area (TPSA) is 79.4 Å². The van der Waals surface area contributed by atoms with Crippen molar-refractivity contribution in [1.82, 2.24) is 9.55 Å². The molecule has 0 N–H and O–H groups in total. The third-order valence-corrected chi connectivity index (χ3v) is 4.42. The second-order valence-electron chi connectivity index (χ2n) is 6.85. The van der Waals surface area contributed by atoms with Gasteiger partial charge in [0.05, 0.1) is 33.1 Å². The Morgan fingerprint density at radius 2 is 1.78 bits per heavy atom. The quantitative estimate of drug-likeness (QED) is 0.401. The summed E-state index contributed by atoms with van der Waals surface area (Å²) in [5.74, 6) is 0.616. The number of halogens is 2. The van der Waals surface area contributed by atoms with Crippen LogP contribution in [0.15, 0.2) is 30.3 Å². The maximum Gasteiger partial charge on any atom is 0.297 e. The Bertz CT molecular complexity index is 1020. The highest BCUT2D eigenvalue weighted by Gasteiger charge is 2.23. The Morgan fingerprint density at radius 1 is 1.15 bits per heavy atom. The number of nitro benzene ring substituents is 1. The molecule has 0 atom stereocenters. The standard InChI is InChI=1S/C18H17Cl2N3O4/c1-18(2,3)22-15-9-11(5-6-14(15)21-17(22)26-4)27-16-12(19)7-10(23(24)25)8-13(16)20/h5-9H,1-4H3. The molecule has 0 bridgehead atoms. The molecule has 0 saturated carbocycles. The van der Waals surface area contributed by atoms with Crippen LogP contribution in [0.2, 0.25) is 10.0 Å². The molecule has 0 unspecified atom stereocenters. The fourth-order valence-corrected chi connectivity index (χ4v) is 3.30. The lowest BCUT2D eigenvalue weighted by atomic mass is 10.1. The van der Waals surface area contributed by atoms with Gasteiger partial charge in [-0.2, -0.15) is 4.98 Å². The summed E-state index contributed by atoms with van der Waals surface area (Å²) in [5.41, 5.74) is 1.07. The Labute approximate surface area is 165 Å². The number of methoxy groups -OCH3 is 1. The number of hydrogen-bond donors (Lipinski definition) is 0. The van der Waals surface area contributed by atoms with E-state index in [-0.39, 0.29) is 27.0 Å². The van der Waals surface area contributed by atoms with Gasteiger partial charge >= 0.3 is 0 Å². The van der Waals surface area contributed by atoms with E-state index < -0.39 is 4.92 Å². The van der Waals surface area contributed by atoms with Gasteiger partial charge in [0.15, 0.2) is 5.75 Å². The van der Waals surface area contributed by atoms with Gasteiger partial charge in [-0.1, -0.05) is 23.2 Å². The summed E-state index contributed by atoms with van der Waals surface area (Å²) >= 11 is 12.3. The molecule has 0 spiro atoms. The van der Waals surface area contributed by atoms with E-state index in [4.69, 9.17) is 32.7 Å². The van der Waals surface area contributed by atoms with Crippen LogP contribution in [0.25, 0.3) is 11.0 Å². The molecule has 0 saturated heterocycles. The van der Waals surface area contributed by atoms with Gasteiger partial charge in [-0.25, -0.2) is 0 Å². The summed E-state index contributed by atoms with van der Waals surface area (Å²) in [7, 11) is 1.57. The van der Waals surface area contributed by atoms with Crippen LogP contribution in [0, 0.1) is 10.1 Å². The summed E-state index contributed by atoms with van der Waals surface area (Å²) in [6.45, 7) is 6.11. The molecule has 142 valence electrons. The SMILES string of the molecule is COc1nc2ccc(Oc3c(Cl)cc([N+](=O)[O-])cc3Cl)cc2n1C(C)(C)C. The van der Waals surface area contributed by atoms with Gasteiger partial charge < -0.3 is 9.47 Å². The summed E-state index contributed by atoms with van der Waals surface area (Å²) in [6, 6.07) is 8.19. The van der Waals surface area contributed by atoms with Crippen molar-refractivity contribution >= 4 is 39.9 Å². The first-order valence-corrected chi connectivity index (χ1v) is 8.75. The number of hydrogen-bond acceptors (Lipinski definition) is 5. The molecular formula is C18H17Cl2N3O4. The lowest BCUT2D eigenvalue weighted by molar-refractivity contribution is -0.384. The molecule has 0 aliphatic carbocycles. The summed E-state index contributed by atoms with van der Waals surface area (Å²) in [6.07, 6.45) is 0. The highest BCUT2D eigenvalue weighted by atomic mass is 35.5. The lowest BCUT2D eigenvalue weighted by Crippen LogP contribution is -2.22. The summed E-state index contributed by atoms with van der Waals surface area (Å²) < 4.78 is 13.2. The third kappa shape index (κ3) is 3.65. The number of rotatable bonds is 4. The zero-order chi connectivity index (χ0) is 19.9. The third-order valence-electron chi connectivity index (χ3n) is 3.86. The lowest BCUT2D eigenvalue weighted by Gasteiger charge is -2.23. The molecule has 0 amide bonds. The second-order valence-corrected chi connectivity index (χ2v) is 7.67. The Morgan fingerprint density at radius 3 is 2.30 bits per heavy atom. The molecule has 0 aliphatic rings. The van der Waals surface area contributed by atoms with Crippen LogP contribution in [-0.4, -0.2) is 21.6 Å². The zero-order valence-electron chi connectivity index (χ0n) is 15.1. The van der Waals surface area contributed by atoms with Gasteiger partial charge in [-0.15, -0.1) is 0 Å². The van der Waals surface area contributed by atoms with Crippen molar-refractivity contribution in [2.75, 3.05) is 7.11 Å².